The van der Waals surface area contributed by atoms with E-state index in [1.165, 1.54) is 0 Å². The summed E-state index contributed by atoms with van der Waals surface area (Å²) in [6.45, 7) is -0.00839. The second-order valence-electron chi connectivity index (χ2n) is 5.23. The van der Waals surface area contributed by atoms with Crippen LogP contribution < -0.4 is 10.6 Å². The number of carbonyl (C=O) groups excluding carboxylic acids is 2. The van der Waals surface area contributed by atoms with Gasteiger partial charge in [0.15, 0.2) is 0 Å². The summed E-state index contributed by atoms with van der Waals surface area (Å²) < 4.78 is 0. The number of anilines is 1. The number of aliphatic hydroxyl groups excluding tert-OH is 1. The molecule has 0 saturated heterocycles. The van der Waals surface area contributed by atoms with E-state index in [1.54, 1.807) is 24.3 Å². The number of carbonyl (C=O) groups is 2. The van der Waals surface area contributed by atoms with Crippen LogP contribution in [-0.4, -0.2) is 29.6 Å². The number of terminal acetylenes is 1. The molecule has 0 spiro atoms. The van der Waals surface area contributed by atoms with Gasteiger partial charge in [-0.3, -0.25) is 9.59 Å². The molecule has 122 valence electrons. The zero-order chi connectivity index (χ0) is 17.4. The van der Waals surface area contributed by atoms with E-state index in [-0.39, 0.29) is 6.54 Å². The second-order valence-corrected chi connectivity index (χ2v) is 5.23. The van der Waals surface area contributed by atoms with Crippen LogP contribution in [0.15, 0.2) is 54.6 Å². The number of hydrogen-bond donors (Lipinski definition) is 3. The molecular weight excluding hydrogens is 304 g/mol. The van der Waals surface area contributed by atoms with E-state index in [1.807, 2.05) is 30.3 Å². The van der Waals surface area contributed by atoms with E-state index in [2.05, 4.69) is 16.6 Å². The molecule has 0 bridgehead atoms. The summed E-state index contributed by atoms with van der Waals surface area (Å²) in [6, 6.07) is 16.0. The highest BCUT2D eigenvalue weighted by Crippen LogP contribution is 2.09. The van der Waals surface area contributed by atoms with Crippen LogP contribution in [0.25, 0.3) is 0 Å². The average molecular weight is 322 g/mol. The molecule has 0 saturated carbocycles. The molecule has 2 aromatic rings. The van der Waals surface area contributed by atoms with Crippen molar-refractivity contribution in [1.82, 2.24) is 5.32 Å². The van der Waals surface area contributed by atoms with Gasteiger partial charge in [-0.25, -0.2) is 0 Å². The van der Waals surface area contributed by atoms with Gasteiger partial charge in [0.05, 0.1) is 6.10 Å². The van der Waals surface area contributed by atoms with Crippen molar-refractivity contribution in [2.24, 2.45) is 0 Å². The summed E-state index contributed by atoms with van der Waals surface area (Å²) in [6.07, 6.45) is 4.91. The Morgan fingerprint density at radius 3 is 2.54 bits per heavy atom. The molecule has 0 aliphatic heterocycles. The number of hydrogen-bond acceptors (Lipinski definition) is 3. The predicted molar refractivity (Wildman–Crippen MR) is 92.2 cm³/mol. The number of benzene rings is 2. The van der Waals surface area contributed by atoms with Crippen molar-refractivity contribution in [1.29, 1.82) is 0 Å². The summed E-state index contributed by atoms with van der Waals surface area (Å²) in [5, 5.41) is 14.8. The zero-order valence-electron chi connectivity index (χ0n) is 13.0. The monoisotopic (exact) mass is 322 g/mol. The molecule has 0 fully saturated rings. The molecule has 0 aliphatic rings. The molecule has 0 aliphatic carbocycles. The van der Waals surface area contributed by atoms with Gasteiger partial charge >= 0.3 is 11.8 Å². The maximum absolute atomic E-state index is 11.8. The lowest BCUT2D eigenvalue weighted by atomic mass is 10.1. The normalized spacial score (nSPS) is 11.2. The molecule has 5 nitrogen and oxygen atoms in total. The molecule has 0 heterocycles. The summed E-state index contributed by atoms with van der Waals surface area (Å²) in [4.78, 5) is 23.6. The van der Waals surface area contributed by atoms with Gasteiger partial charge in [-0.05, 0) is 23.8 Å². The third-order valence-electron chi connectivity index (χ3n) is 3.31. The van der Waals surface area contributed by atoms with Gasteiger partial charge in [-0.15, -0.1) is 6.42 Å². The minimum absolute atomic E-state index is 0.00839. The Labute approximate surface area is 140 Å². The van der Waals surface area contributed by atoms with Crippen LogP contribution in [0.2, 0.25) is 0 Å². The van der Waals surface area contributed by atoms with Crippen LogP contribution in [0.3, 0.4) is 0 Å². The summed E-state index contributed by atoms with van der Waals surface area (Å²) in [5.41, 5.74) is 2.00. The molecular formula is C19H18N2O3. The number of aliphatic hydroxyl groups is 1. The fourth-order valence-electron chi connectivity index (χ4n) is 2.12. The first-order valence-electron chi connectivity index (χ1n) is 7.46. The van der Waals surface area contributed by atoms with E-state index < -0.39 is 17.9 Å². The highest BCUT2D eigenvalue weighted by Gasteiger charge is 2.15. The van der Waals surface area contributed by atoms with Crippen molar-refractivity contribution in [3.05, 3.63) is 65.7 Å². The smallest absolute Gasteiger partial charge is 0.313 e. The van der Waals surface area contributed by atoms with Crippen LogP contribution >= 0.6 is 0 Å². The lowest BCUT2D eigenvalue weighted by Crippen LogP contribution is -2.40. The fraction of sp³-hybridized carbons (Fsp3) is 0.158. The van der Waals surface area contributed by atoms with Crippen molar-refractivity contribution in [2.45, 2.75) is 12.5 Å². The Bertz CT molecular complexity index is 751. The van der Waals surface area contributed by atoms with Crippen molar-refractivity contribution < 1.29 is 14.7 Å². The first kappa shape index (κ1) is 17.3. The molecule has 24 heavy (non-hydrogen) atoms. The SMILES string of the molecule is C#Cc1cccc(NC(=O)C(=O)NCC(O)Cc2ccccc2)c1. The topological polar surface area (TPSA) is 78.4 Å². The van der Waals surface area contributed by atoms with Crippen molar-refractivity contribution in [3.8, 4) is 12.3 Å². The molecule has 2 rings (SSSR count). The minimum atomic E-state index is -0.812. The van der Waals surface area contributed by atoms with E-state index in [4.69, 9.17) is 6.42 Å². The Morgan fingerprint density at radius 1 is 1.08 bits per heavy atom. The van der Waals surface area contributed by atoms with Crippen molar-refractivity contribution >= 4 is 17.5 Å². The van der Waals surface area contributed by atoms with Gasteiger partial charge < -0.3 is 15.7 Å². The average Bonchev–Trinajstić information content (AvgIpc) is 2.60. The third-order valence-corrected chi connectivity index (χ3v) is 3.31. The molecule has 5 heteroatoms. The molecule has 0 radical (unpaired) electrons. The lowest BCUT2D eigenvalue weighted by molar-refractivity contribution is -0.136. The maximum Gasteiger partial charge on any atom is 0.313 e. The summed E-state index contributed by atoms with van der Waals surface area (Å²) >= 11 is 0. The summed E-state index contributed by atoms with van der Waals surface area (Å²) in [7, 11) is 0. The van der Waals surface area contributed by atoms with Crippen LogP contribution in [0, 0.1) is 12.3 Å². The van der Waals surface area contributed by atoms with Gasteiger partial charge in [0.2, 0.25) is 0 Å². The summed E-state index contributed by atoms with van der Waals surface area (Å²) in [5.74, 6) is 0.827. The molecule has 1 unspecified atom stereocenters. The first-order valence-corrected chi connectivity index (χ1v) is 7.46. The van der Waals surface area contributed by atoms with Gasteiger partial charge in [-0.2, -0.15) is 0 Å². The Hall–Kier alpha value is -3.10. The van der Waals surface area contributed by atoms with Crippen LogP contribution in [0.5, 0.6) is 0 Å². The molecule has 1 atom stereocenters. The van der Waals surface area contributed by atoms with Gasteiger partial charge in [0.25, 0.3) is 0 Å². The van der Waals surface area contributed by atoms with Crippen LogP contribution in [-0.2, 0) is 16.0 Å². The second kappa shape index (κ2) is 8.51. The van der Waals surface area contributed by atoms with E-state index in [0.29, 0.717) is 17.7 Å². The maximum atomic E-state index is 11.8. The lowest BCUT2D eigenvalue weighted by Gasteiger charge is -2.12. The van der Waals surface area contributed by atoms with E-state index in [9.17, 15) is 14.7 Å². The van der Waals surface area contributed by atoms with Gasteiger partial charge in [-0.1, -0.05) is 42.3 Å². The molecule has 2 amide bonds. The standard InChI is InChI=1S/C19H18N2O3/c1-2-14-9-6-10-16(11-14)21-19(24)18(23)20-13-17(22)12-15-7-4-3-5-8-15/h1,3-11,17,22H,12-13H2,(H,20,23)(H,21,24). The van der Waals surface area contributed by atoms with Crippen molar-refractivity contribution in [2.75, 3.05) is 11.9 Å². The molecule has 2 aromatic carbocycles. The quantitative estimate of drug-likeness (QED) is 0.574. The first-order chi connectivity index (χ1) is 11.6. The Balaban J connectivity index is 1.81. The minimum Gasteiger partial charge on any atom is -0.391 e. The Kier molecular flexibility index (Phi) is 6.12. The third kappa shape index (κ3) is 5.27. The molecule has 0 aromatic heterocycles. The number of amides is 2. The highest BCUT2D eigenvalue weighted by atomic mass is 16.3. The van der Waals surface area contributed by atoms with Gasteiger partial charge in [0, 0.05) is 24.2 Å². The number of nitrogens with one attached hydrogen (secondary N) is 2. The van der Waals surface area contributed by atoms with E-state index >= 15 is 0 Å². The molecule has 3 N–H and O–H groups in total. The highest BCUT2D eigenvalue weighted by molar-refractivity contribution is 6.39. The number of rotatable bonds is 5. The largest absolute Gasteiger partial charge is 0.391 e. The predicted octanol–water partition coefficient (Wildman–Crippen LogP) is 1.33. The zero-order valence-corrected chi connectivity index (χ0v) is 13.0. The van der Waals surface area contributed by atoms with Crippen LogP contribution in [0.1, 0.15) is 11.1 Å². The van der Waals surface area contributed by atoms with Crippen LogP contribution in [0.4, 0.5) is 5.69 Å². The fourth-order valence-corrected chi connectivity index (χ4v) is 2.12. The Morgan fingerprint density at radius 2 is 1.83 bits per heavy atom. The van der Waals surface area contributed by atoms with E-state index in [0.717, 1.165) is 5.56 Å². The van der Waals surface area contributed by atoms with Crippen molar-refractivity contribution in [3.63, 3.8) is 0 Å². The van der Waals surface area contributed by atoms with Gasteiger partial charge in [0.1, 0.15) is 0 Å².